The maximum absolute atomic E-state index is 12.3. The van der Waals surface area contributed by atoms with Crippen LogP contribution in [0.5, 0.6) is 0 Å². The Morgan fingerprint density at radius 1 is 1.05 bits per heavy atom. The first kappa shape index (κ1) is 17.2. The van der Waals surface area contributed by atoms with Crippen LogP contribution < -0.4 is 0 Å². The molecule has 2 heterocycles. The number of piperazine rings is 1. The van der Waals surface area contributed by atoms with Crippen molar-refractivity contribution in [3.63, 3.8) is 0 Å². The number of nitrogens with zero attached hydrogens (tertiary/aromatic N) is 3. The molecule has 0 aliphatic carbocycles. The Morgan fingerprint density at radius 2 is 1.68 bits per heavy atom. The van der Waals surface area contributed by atoms with E-state index in [0.717, 1.165) is 32.4 Å². The number of hydrogen-bond acceptors (Lipinski definition) is 4. The van der Waals surface area contributed by atoms with E-state index in [-0.39, 0.29) is 17.9 Å². The molecule has 2 fully saturated rings. The molecule has 0 saturated carbocycles. The van der Waals surface area contributed by atoms with E-state index in [1.54, 1.807) is 0 Å². The van der Waals surface area contributed by atoms with Gasteiger partial charge in [-0.3, -0.25) is 9.59 Å². The molecule has 1 unspecified atom stereocenters. The molecule has 2 saturated heterocycles. The lowest BCUT2D eigenvalue weighted by Gasteiger charge is -2.36. The van der Waals surface area contributed by atoms with E-state index in [1.165, 1.54) is 0 Å². The van der Waals surface area contributed by atoms with Crippen LogP contribution in [0.1, 0.15) is 32.1 Å². The summed E-state index contributed by atoms with van der Waals surface area (Å²) in [7, 11) is 3.94. The molecule has 1 atom stereocenters. The van der Waals surface area contributed by atoms with Gasteiger partial charge in [-0.05, 0) is 33.4 Å². The summed E-state index contributed by atoms with van der Waals surface area (Å²) in [5.74, 6) is 0.365. The van der Waals surface area contributed by atoms with Crippen molar-refractivity contribution in [3.05, 3.63) is 0 Å². The van der Waals surface area contributed by atoms with E-state index in [0.29, 0.717) is 39.0 Å². The molecule has 2 amide bonds. The molecule has 6 heteroatoms. The Balaban J connectivity index is 1.69. The van der Waals surface area contributed by atoms with Gasteiger partial charge in [-0.25, -0.2) is 0 Å². The van der Waals surface area contributed by atoms with Crippen LogP contribution in [0.3, 0.4) is 0 Å². The number of ether oxygens (including phenoxy) is 1. The zero-order valence-electron chi connectivity index (χ0n) is 13.9. The second kappa shape index (κ2) is 8.48. The summed E-state index contributed by atoms with van der Waals surface area (Å²) in [6, 6.07) is 0. The Morgan fingerprint density at radius 3 is 2.23 bits per heavy atom. The zero-order valence-corrected chi connectivity index (χ0v) is 13.9. The second-order valence-electron chi connectivity index (χ2n) is 6.51. The van der Waals surface area contributed by atoms with Crippen molar-refractivity contribution in [2.24, 2.45) is 0 Å². The molecule has 0 N–H and O–H groups in total. The quantitative estimate of drug-likeness (QED) is 0.745. The summed E-state index contributed by atoms with van der Waals surface area (Å²) in [5, 5.41) is 0. The molecule has 2 aliphatic rings. The number of carbonyl (C=O) groups excluding carboxylic acids is 2. The van der Waals surface area contributed by atoms with Crippen LogP contribution in [0.15, 0.2) is 0 Å². The summed E-state index contributed by atoms with van der Waals surface area (Å²) in [5.41, 5.74) is 0. The second-order valence-corrected chi connectivity index (χ2v) is 6.51. The fourth-order valence-corrected chi connectivity index (χ4v) is 2.97. The summed E-state index contributed by atoms with van der Waals surface area (Å²) in [6.07, 6.45) is 4.41. The normalized spacial score (nSPS) is 23.0. The van der Waals surface area contributed by atoms with E-state index >= 15 is 0 Å². The zero-order chi connectivity index (χ0) is 15.9. The molecule has 2 rings (SSSR count). The molecule has 2 aliphatic heterocycles. The number of carbonyl (C=O) groups is 2. The first-order valence-electron chi connectivity index (χ1n) is 8.38. The average molecular weight is 311 g/mol. The van der Waals surface area contributed by atoms with Crippen molar-refractivity contribution in [3.8, 4) is 0 Å². The van der Waals surface area contributed by atoms with Gasteiger partial charge in [-0.15, -0.1) is 0 Å². The molecule has 0 spiro atoms. The molecule has 6 nitrogen and oxygen atoms in total. The van der Waals surface area contributed by atoms with Gasteiger partial charge in [0.05, 0.1) is 12.5 Å². The van der Waals surface area contributed by atoms with Gasteiger partial charge in [0.1, 0.15) is 0 Å². The van der Waals surface area contributed by atoms with Gasteiger partial charge in [0.15, 0.2) is 0 Å². The maximum atomic E-state index is 12.3. The SMILES string of the molecule is CN(C)CCC(=O)N1CCN(C(=O)CC2CCCCO2)CC1. The van der Waals surface area contributed by atoms with Gasteiger partial charge in [-0.1, -0.05) is 0 Å². The van der Waals surface area contributed by atoms with Gasteiger partial charge < -0.3 is 19.4 Å². The standard InChI is InChI=1S/C16H29N3O3/c1-17(2)7-6-15(20)18-8-10-19(11-9-18)16(21)13-14-5-3-4-12-22-14/h14H,3-13H2,1-2H3. The van der Waals surface area contributed by atoms with Gasteiger partial charge in [0.25, 0.3) is 0 Å². The Bertz CT molecular complexity index is 373. The Hall–Kier alpha value is -1.14. The van der Waals surface area contributed by atoms with Crippen LogP contribution >= 0.6 is 0 Å². The van der Waals surface area contributed by atoms with Crippen LogP contribution in [0.4, 0.5) is 0 Å². The summed E-state index contributed by atoms with van der Waals surface area (Å²) in [6.45, 7) is 4.18. The van der Waals surface area contributed by atoms with Crippen LogP contribution in [0, 0.1) is 0 Å². The maximum Gasteiger partial charge on any atom is 0.225 e. The Kier molecular flexibility index (Phi) is 6.64. The highest BCUT2D eigenvalue weighted by atomic mass is 16.5. The highest BCUT2D eigenvalue weighted by Crippen LogP contribution is 2.17. The topological polar surface area (TPSA) is 53.1 Å². The minimum Gasteiger partial charge on any atom is -0.378 e. The molecule has 0 aromatic carbocycles. The van der Waals surface area contributed by atoms with E-state index in [9.17, 15) is 9.59 Å². The smallest absolute Gasteiger partial charge is 0.225 e. The van der Waals surface area contributed by atoms with Crippen molar-refractivity contribution < 1.29 is 14.3 Å². The van der Waals surface area contributed by atoms with Crippen LogP contribution in [0.2, 0.25) is 0 Å². The molecule has 126 valence electrons. The molecular weight excluding hydrogens is 282 g/mol. The summed E-state index contributed by atoms with van der Waals surface area (Å²) < 4.78 is 5.64. The van der Waals surface area contributed by atoms with E-state index < -0.39 is 0 Å². The third-order valence-electron chi connectivity index (χ3n) is 4.43. The van der Waals surface area contributed by atoms with E-state index in [4.69, 9.17) is 4.74 Å². The first-order chi connectivity index (χ1) is 10.6. The highest BCUT2D eigenvalue weighted by Gasteiger charge is 2.26. The van der Waals surface area contributed by atoms with Crippen molar-refractivity contribution in [1.29, 1.82) is 0 Å². The van der Waals surface area contributed by atoms with Crippen molar-refractivity contribution in [1.82, 2.24) is 14.7 Å². The fourth-order valence-electron chi connectivity index (χ4n) is 2.97. The largest absolute Gasteiger partial charge is 0.378 e. The van der Waals surface area contributed by atoms with Crippen LogP contribution in [-0.2, 0) is 14.3 Å². The third-order valence-corrected chi connectivity index (χ3v) is 4.43. The molecule has 0 aromatic heterocycles. The molecule has 0 bridgehead atoms. The van der Waals surface area contributed by atoms with E-state index in [1.807, 2.05) is 28.8 Å². The van der Waals surface area contributed by atoms with Crippen molar-refractivity contribution in [2.75, 3.05) is 53.4 Å². The Labute approximate surface area is 133 Å². The fraction of sp³-hybridized carbons (Fsp3) is 0.875. The van der Waals surface area contributed by atoms with Crippen molar-refractivity contribution >= 4 is 11.8 Å². The van der Waals surface area contributed by atoms with Crippen LogP contribution in [-0.4, -0.2) is 86.0 Å². The molecule has 0 radical (unpaired) electrons. The predicted molar refractivity (Wildman–Crippen MR) is 84.5 cm³/mol. The minimum atomic E-state index is 0.0982. The van der Waals surface area contributed by atoms with Gasteiger partial charge in [0.2, 0.25) is 11.8 Å². The minimum absolute atomic E-state index is 0.0982. The number of rotatable bonds is 5. The number of amides is 2. The predicted octanol–water partition coefficient (Wildman–Crippen LogP) is 0.568. The summed E-state index contributed by atoms with van der Waals surface area (Å²) >= 11 is 0. The number of hydrogen-bond donors (Lipinski definition) is 0. The molecular formula is C16H29N3O3. The van der Waals surface area contributed by atoms with Gasteiger partial charge in [-0.2, -0.15) is 0 Å². The lowest BCUT2D eigenvalue weighted by atomic mass is 10.1. The lowest BCUT2D eigenvalue weighted by Crippen LogP contribution is -2.51. The first-order valence-corrected chi connectivity index (χ1v) is 8.38. The van der Waals surface area contributed by atoms with Gasteiger partial charge in [0, 0.05) is 45.8 Å². The lowest BCUT2D eigenvalue weighted by molar-refractivity contribution is -0.142. The highest BCUT2D eigenvalue weighted by molar-refractivity contribution is 5.78. The van der Waals surface area contributed by atoms with Crippen molar-refractivity contribution in [2.45, 2.75) is 38.2 Å². The van der Waals surface area contributed by atoms with Crippen LogP contribution in [0.25, 0.3) is 0 Å². The summed E-state index contributed by atoms with van der Waals surface area (Å²) in [4.78, 5) is 30.1. The van der Waals surface area contributed by atoms with E-state index in [2.05, 4.69) is 0 Å². The molecule has 22 heavy (non-hydrogen) atoms. The van der Waals surface area contributed by atoms with Gasteiger partial charge >= 0.3 is 0 Å². The average Bonchev–Trinajstić information content (AvgIpc) is 2.53. The monoisotopic (exact) mass is 311 g/mol. The third kappa shape index (κ3) is 5.25. The molecule has 0 aromatic rings.